The van der Waals surface area contributed by atoms with Gasteiger partial charge in [-0.1, -0.05) is 13.0 Å². The molecule has 18 heteroatoms. The molecule has 2 aliphatic rings. The minimum absolute atomic E-state index is 0.0787. The lowest BCUT2D eigenvalue weighted by molar-refractivity contribution is -0.135. The second-order valence-electron chi connectivity index (χ2n) is 14.5. The predicted molar refractivity (Wildman–Crippen MR) is 202 cm³/mol. The van der Waals surface area contributed by atoms with Crippen LogP contribution >= 0.6 is 0 Å². The first-order valence-corrected chi connectivity index (χ1v) is 18.9. The van der Waals surface area contributed by atoms with Crippen molar-refractivity contribution in [3.63, 3.8) is 0 Å². The van der Waals surface area contributed by atoms with Crippen molar-refractivity contribution in [3.05, 3.63) is 70.8 Å². The first kappa shape index (κ1) is 38.3. The maximum atomic E-state index is 14.1. The highest BCUT2D eigenvalue weighted by Crippen LogP contribution is 2.33. The van der Waals surface area contributed by atoms with E-state index in [2.05, 4.69) is 41.7 Å². The van der Waals surface area contributed by atoms with E-state index in [1.807, 2.05) is 32.2 Å². The fourth-order valence-electron chi connectivity index (χ4n) is 8.13. The van der Waals surface area contributed by atoms with Crippen LogP contribution in [0.15, 0.2) is 53.8 Å². The normalized spacial score (nSPS) is 17.8. The molecule has 3 atom stereocenters. The molecule has 0 spiro atoms. The number of benzene rings is 1. The van der Waals surface area contributed by atoms with Crippen LogP contribution in [0.2, 0.25) is 0 Å². The largest absolute Gasteiger partial charge is 0.370 e. The quantitative estimate of drug-likeness (QED) is 0.163. The fourth-order valence-corrected chi connectivity index (χ4v) is 8.13. The Labute approximate surface area is 320 Å². The lowest BCUT2D eigenvalue weighted by atomic mass is 9.98. The van der Waals surface area contributed by atoms with Gasteiger partial charge in [0, 0.05) is 51.2 Å². The van der Waals surface area contributed by atoms with Gasteiger partial charge in [-0.2, -0.15) is 15.5 Å². The van der Waals surface area contributed by atoms with Crippen LogP contribution in [0.1, 0.15) is 92.9 Å². The lowest BCUT2D eigenvalue weighted by Crippen LogP contribution is -2.47. The zero-order chi connectivity index (χ0) is 39.7. The van der Waals surface area contributed by atoms with Gasteiger partial charge in [0.2, 0.25) is 11.8 Å². The third-order valence-electron chi connectivity index (χ3n) is 11.2. The van der Waals surface area contributed by atoms with E-state index in [0.717, 1.165) is 24.0 Å². The van der Waals surface area contributed by atoms with Crippen LogP contribution in [0.3, 0.4) is 0 Å². The summed E-state index contributed by atoms with van der Waals surface area (Å²) in [7, 11) is 3.66. The van der Waals surface area contributed by atoms with Crippen LogP contribution < -0.4 is 21.2 Å². The number of carbonyl (C=O) groups excluding carboxylic acids is 3. The van der Waals surface area contributed by atoms with Gasteiger partial charge in [0.05, 0.1) is 46.8 Å². The lowest BCUT2D eigenvalue weighted by Gasteiger charge is -2.39. The van der Waals surface area contributed by atoms with Crippen LogP contribution in [0.4, 0.5) is 20.2 Å². The number of hydrogen-bond acceptors (Lipinski definition) is 10. The van der Waals surface area contributed by atoms with Gasteiger partial charge < -0.3 is 10.2 Å². The summed E-state index contributed by atoms with van der Waals surface area (Å²) in [6.07, 6.45) is 7.45. The van der Waals surface area contributed by atoms with Gasteiger partial charge in [0.1, 0.15) is 11.6 Å². The van der Waals surface area contributed by atoms with Gasteiger partial charge in [0.15, 0.2) is 11.3 Å². The molecular formula is C38H44F2N12O4. The third-order valence-corrected chi connectivity index (χ3v) is 11.2. The van der Waals surface area contributed by atoms with Crippen molar-refractivity contribution >= 4 is 45.8 Å². The maximum Gasteiger partial charge on any atom is 0.329 e. The molecule has 4 aromatic heterocycles. The fraction of sp³-hybridized carbons (Fsp3) is 0.474. The number of carbonyl (C=O) groups is 3. The Morgan fingerprint density at radius 3 is 2.64 bits per heavy atom. The van der Waals surface area contributed by atoms with Crippen molar-refractivity contribution in [1.29, 1.82) is 5.26 Å². The molecule has 0 saturated carbocycles. The van der Waals surface area contributed by atoms with E-state index in [-0.39, 0.29) is 53.8 Å². The molecule has 0 bridgehead atoms. The summed E-state index contributed by atoms with van der Waals surface area (Å²) in [4.78, 5) is 59.5. The second kappa shape index (κ2) is 16.0. The summed E-state index contributed by atoms with van der Waals surface area (Å²) in [6, 6.07) is 8.60. The molecule has 3 amide bonds. The first-order chi connectivity index (χ1) is 27.0. The van der Waals surface area contributed by atoms with E-state index < -0.39 is 30.0 Å². The Hall–Kier alpha value is -5.96. The number of nitrogens with one attached hydrogen (secondary N) is 2. The Kier molecular flexibility index (Phi) is 11.0. The topological polar surface area (TPSA) is 180 Å². The van der Waals surface area contributed by atoms with Crippen LogP contribution in [-0.4, -0.2) is 88.4 Å². The SMILES string of the molecule is CCC(CCCC(C#N)N(C)C1CCN(c2cccc3c2n(C)c(=O)n3C2CCC(=O)NC2=O)CC1)n1cc(NC(=O)c2cnn3cccnc23)c(C(F)F)n1. The molecule has 2 saturated heterocycles. The number of imide groups is 1. The van der Waals surface area contributed by atoms with Gasteiger partial charge in [-0.3, -0.25) is 38.4 Å². The zero-order valence-corrected chi connectivity index (χ0v) is 31.4. The van der Waals surface area contributed by atoms with Crippen molar-refractivity contribution in [3.8, 4) is 6.07 Å². The van der Waals surface area contributed by atoms with Crippen molar-refractivity contribution < 1.29 is 23.2 Å². The minimum atomic E-state index is -2.91. The molecule has 6 heterocycles. The van der Waals surface area contributed by atoms with Gasteiger partial charge in [-0.15, -0.1) is 0 Å². The molecule has 5 aromatic rings. The van der Waals surface area contributed by atoms with E-state index in [9.17, 15) is 33.2 Å². The third kappa shape index (κ3) is 7.26. The van der Waals surface area contributed by atoms with Crippen LogP contribution in [0, 0.1) is 11.3 Å². The van der Waals surface area contributed by atoms with Crippen molar-refractivity contribution in [1.82, 2.24) is 43.7 Å². The smallest absolute Gasteiger partial charge is 0.329 e. The number of para-hydroxylation sites is 1. The molecule has 2 fully saturated rings. The summed E-state index contributed by atoms with van der Waals surface area (Å²) < 4.78 is 34.2. The molecule has 3 unspecified atom stereocenters. The average Bonchev–Trinajstić information content (AvgIpc) is 3.89. The van der Waals surface area contributed by atoms with Crippen molar-refractivity contribution in [2.24, 2.45) is 7.05 Å². The van der Waals surface area contributed by atoms with E-state index in [4.69, 9.17) is 0 Å². The Bertz CT molecular complexity index is 2370. The van der Waals surface area contributed by atoms with Crippen LogP contribution in [0.5, 0.6) is 0 Å². The number of nitrogens with zero attached hydrogens (tertiary/aromatic N) is 10. The summed E-state index contributed by atoms with van der Waals surface area (Å²) in [6.45, 7) is 3.34. The second-order valence-corrected chi connectivity index (χ2v) is 14.5. The summed E-state index contributed by atoms with van der Waals surface area (Å²) in [5.74, 6) is -1.43. The summed E-state index contributed by atoms with van der Waals surface area (Å²) in [5, 5.41) is 23.4. The van der Waals surface area contributed by atoms with E-state index in [1.54, 1.807) is 23.9 Å². The number of aromatic nitrogens is 7. The summed E-state index contributed by atoms with van der Waals surface area (Å²) in [5.41, 5.74) is 1.79. The standard InChI is InChI=1S/C38H44F2N12O4/c1-4-23(51-22-27(32(46-51)34(39)40)44-36(54)26-21-43-50-17-7-16-42-35(26)50)8-5-9-25(20-41)47(2)24-14-18-49(19-15-24)28-10-6-11-29-33(28)48(3)38(56)52(29)30-12-13-31(53)45-37(30)55/h6-7,10-11,16-17,21-25,30,34H,4-5,8-9,12-15,18-19H2,1-3H3,(H,44,54)(H,45,53,55). The highest BCUT2D eigenvalue weighted by atomic mass is 19.3. The molecular weight excluding hydrogens is 726 g/mol. The van der Waals surface area contributed by atoms with Crippen LogP contribution in [0.25, 0.3) is 16.7 Å². The van der Waals surface area contributed by atoms with Crippen molar-refractivity contribution in [2.45, 2.75) is 88.9 Å². The number of piperidine rings is 2. The molecule has 2 N–H and O–H groups in total. The molecule has 0 radical (unpaired) electrons. The Morgan fingerprint density at radius 1 is 1.14 bits per heavy atom. The first-order valence-electron chi connectivity index (χ1n) is 18.9. The van der Waals surface area contributed by atoms with E-state index >= 15 is 0 Å². The van der Waals surface area contributed by atoms with E-state index in [0.29, 0.717) is 49.9 Å². The van der Waals surface area contributed by atoms with E-state index in [1.165, 1.54) is 32.4 Å². The molecule has 2 aliphatic heterocycles. The average molecular weight is 771 g/mol. The zero-order valence-electron chi connectivity index (χ0n) is 31.4. The highest BCUT2D eigenvalue weighted by molar-refractivity contribution is 6.08. The number of imidazole rings is 1. The molecule has 0 aliphatic carbocycles. The maximum absolute atomic E-state index is 14.1. The number of hydrogen-bond donors (Lipinski definition) is 2. The van der Waals surface area contributed by atoms with Crippen molar-refractivity contribution in [2.75, 3.05) is 30.4 Å². The monoisotopic (exact) mass is 770 g/mol. The number of aryl methyl sites for hydroxylation is 1. The molecule has 294 valence electrons. The number of alkyl halides is 2. The molecule has 7 rings (SSSR count). The van der Waals surface area contributed by atoms with Gasteiger partial charge in [-0.05, 0) is 70.2 Å². The Morgan fingerprint density at radius 2 is 1.93 bits per heavy atom. The predicted octanol–water partition coefficient (Wildman–Crippen LogP) is 4.36. The van der Waals surface area contributed by atoms with Gasteiger partial charge >= 0.3 is 5.69 Å². The highest BCUT2D eigenvalue weighted by Gasteiger charge is 2.33. The number of amides is 3. The number of rotatable bonds is 13. The Balaban J connectivity index is 0.967. The molecule has 56 heavy (non-hydrogen) atoms. The van der Waals surface area contributed by atoms with Gasteiger partial charge in [-0.25, -0.2) is 23.1 Å². The number of nitriles is 1. The number of halogens is 2. The molecule has 1 aromatic carbocycles. The molecule has 16 nitrogen and oxygen atoms in total. The van der Waals surface area contributed by atoms with Crippen LogP contribution in [-0.2, 0) is 16.6 Å². The summed E-state index contributed by atoms with van der Waals surface area (Å²) >= 11 is 0. The number of anilines is 2. The number of fused-ring (bicyclic) bond motifs is 2. The van der Waals surface area contributed by atoms with Gasteiger partial charge in [0.25, 0.3) is 12.3 Å². The minimum Gasteiger partial charge on any atom is -0.370 e.